The van der Waals surface area contributed by atoms with Gasteiger partial charge in [-0.05, 0) is 18.6 Å². The minimum absolute atomic E-state index is 0.446. The first-order valence-electron chi connectivity index (χ1n) is 5.31. The molecule has 9 heteroatoms. The summed E-state index contributed by atoms with van der Waals surface area (Å²) in [6.45, 7) is 1.51. The molecular formula is C11H10F3NO5. The van der Waals surface area contributed by atoms with Crippen molar-refractivity contribution >= 4 is 11.7 Å². The monoisotopic (exact) mass is 293 g/mol. The quantitative estimate of drug-likeness (QED) is 0.666. The summed E-state index contributed by atoms with van der Waals surface area (Å²) in [6, 6.07) is 3.39. The number of carbonyl (C=O) groups is 1. The zero-order valence-electron chi connectivity index (χ0n) is 10.2. The predicted molar refractivity (Wildman–Crippen MR) is 60.6 cm³/mol. The van der Waals surface area contributed by atoms with Gasteiger partial charge >= 0.3 is 17.8 Å². The average molecular weight is 293 g/mol. The Morgan fingerprint density at radius 2 is 2.10 bits per heavy atom. The van der Waals surface area contributed by atoms with E-state index >= 15 is 0 Å². The van der Waals surface area contributed by atoms with Gasteiger partial charge in [-0.2, -0.15) is 13.2 Å². The largest absolute Gasteiger partial charge is 0.481 e. The highest BCUT2D eigenvalue weighted by Gasteiger charge is 2.44. The highest BCUT2D eigenvalue weighted by molar-refractivity contribution is 5.67. The topological polar surface area (TPSA) is 89.7 Å². The standard InChI is InChI=1S/C11H10F3NO5/c1-6-2-3-7(15(18)19)8(4-6)20-9(5-10(16)17)11(12,13)14/h2-4,9H,5H2,1H3,(H,16,17). The molecule has 1 rings (SSSR count). The lowest BCUT2D eigenvalue weighted by Crippen LogP contribution is -2.36. The molecule has 1 atom stereocenters. The molecule has 0 fully saturated rings. The molecule has 1 unspecified atom stereocenters. The molecule has 1 aromatic rings. The highest BCUT2D eigenvalue weighted by atomic mass is 19.4. The number of ether oxygens (including phenoxy) is 1. The number of hydrogen-bond donors (Lipinski definition) is 1. The molecule has 0 amide bonds. The van der Waals surface area contributed by atoms with Gasteiger partial charge in [-0.3, -0.25) is 14.9 Å². The number of carboxylic acids is 1. The van der Waals surface area contributed by atoms with Crippen LogP contribution in [0.1, 0.15) is 12.0 Å². The van der Waals surface area contributed by atoms with Crippen molar-refractivity contribution in [1.29, 1.82) is 0 Å². The van der Waals surface area contributed by atoms with Gasteiger partial charge in [0, 0.05) is 6.07 Å². The minimum atomic E-state index is -4.95. The fraction of sp³-hybridized carbons (Fsp3) is 0.364. The first kappa shape index (κ1) is 15.7. The molecule has 0 radical (unpaired) electrons. The van der Waals surface area contributed by atoms with Crippen molar-refractivity contribution in [1.82, 2.24) is 0 Å². The lowest BCUT2D eigenvalue weighted by atomic mass is 10.2. The number of rotatable bonds is 5. The van der Waals surface area contributed by atoms with Crippen LogP contribution < -0.4 is 4.74 Å². The van der Waals surface area contributed by atoms with Crippen molar-refractivity contribution in [3.05, 3.63) is 33.9 Å². The summed E-state index contributed by atoms with van der Waals surface area (Å²) in [6.07, 6.45) is -8.94. The second-order valence-corrected chi connectivity index (χ2v) is 3.97. The van der Waals surface area contributed by atoms with E-state index in [-0.39, 0.29) is 0 Å². The second kappa shape index (κ2) is 5.76. The SMILES string of the molecule is Cc1ccc([N+](=O)[O-])c(OC(CC(=O)O)C(F)(F)F)c1. The summed E-state index contributed by atoms with van der Waals surface area (Å²) in [5.41, 5.74) is -0.211. The minimum Gasteiger partial charge on any atom is -0.481 e. The van der Waals surface area contributed by atoms with Gasteiger partial charge in [-0.1, -0.05) is 6.07 Å². The second-order valence-electron chi connectivity index (χ2n) is 3.97. The number of halogens is 3. The number of benzene rings is 1. The lowest BCUT2D eigenvalue weighted by molar-refractivity contribution is -0.386. The average Bonchev–Trinajstić information content (AvgIpc) is 2.25. The third-order valence-corrected chi connectivity index (χ3v) is 2.31. The Balaban J connectivity index is 3.13. The van der Waals surface area contributed by atoms with Crippen molar-refractivity contribution < 1.29 is 32.7 Å². The zero-order chi connectivity index (χ0) is 15.5. The highest BCUT2D eigenvalue weighted by Crippen LogP contribution is 2.33. The number of aryl methyl sites for hydroxylation is 1. The number of hydrogen-bond acceptors (Lipinski definition) is 4. The van der Waals surface area contributed by atoms with Gasteiger partial charge in [-0.25, -0.2) is 0 Å². The number of alkyl halides is 3. The number of carboxylic acid groups (broad SMARTS) is 1. The Labute approximate surface area is 110 Å². The van der Waals surface area contributed by atoms with Gasteiger partial charge < -0.3 is 9.84 Å². The van der Waals surface area contributed by atoms with Gasteiger partial charge in [0.2, 0.25) is 6.10 Å². The lowest BCUT2D eigenvalue weighted by Gasteiger charge is -2.20. The maximum Gasteiger partial charge on any atom is 0.426 e. The first-order valence-corrected chi connectivity index (χ1v) is 5.31. The van der Waals surface area contributed by atoms with Crippen molar-refractivity contribution in [3.8, 4) is 5.75 Å². The number of nitrogens with zero attached hydrogens (tertiary/aromatic N) is 1. The Bertz CT molecular complexity index is 529. The zero-order valence-corrected chi connectivity index (χ0v) is 10.2. The van der Waals surface area contributed by atoms with E-state index in [1.165, 1.54) is 13.0 Å². The summed E-state index contributed by atoms with van der Waals surface area (Å²) >= 11 is 0. The van der Waals surface area contributed by atoms with E-state index in [9.17, 15) is 28.1 Å². The van der Waals surface area contributed by atoms with Gasteiger partial charge in [-0.15, -0.1) is 0 Å². The fourth-order valence-corrected chi connectivity index (χ4v) is 1.40. The third kappa shape index (κ3) is 4.11. The Hall–Kier alpha value is -2.32. The smallest absolute Gasteiger partial charge is 0.426 e. The summed E-state index contributed by atoms with van der Waals surface area (Å²) in [4.78, 5) is 20.2. The molecule has 6 nitrogen and oxygen atoms in total. The molecule has 0 aromatic heterocycles. The molecule has 1 N–H and O–H groups in total. The molecule has 0 aliphatic carbocycles. The molecule has 0 aliphatic rings. The van der Waals surface area contributed by atoms with Crippen molar-refractivity contribution in [3.63, 3.8) is 0 Å². The summed E-state index contributed by atoms with van der Waals surface area (Å²) < 4.78 is 42.4. The van der Waals surface area contributed by atoms with Crippen LogP contribution in [0.3, 0.4) is 0 Å². The molecular weight excluding hydrogens is 283 g/mol. The van der Waals surface area contributed by atoms with Crippen molar-refractivity contribution in [2.45, 2.75) is 25.6 Å². The molecule has 20 heavy (non-hydrogen) atoms. The fourth-order valence-electron chi connectivity index (χ4n) is 1.40. The van der Waals surface area contributed by atoms with Gasteiger partial charge in [0.1, 0.15) is 0 Å². The van der Waals surface area contributed by atoms with Crippen LogP contribution in [0.4, 0.5) is 18.9 Å². The van der Waals surface area contributed by atoms with Crippen LogP contribution in [0.2, 0.25) is 0 Å². The van der Waals surface area contributed by atoms with Crippen LogP contribution in [0.5, 0.6) is 5.75 Å². The van der Waals surface area contributed by atoms with E-state index in [1.807, 2.05) is 0 Å². The van der Waals surface area contributed by atoms with Gasteiger partial charge in [0.05, 0.1) is 11.3 Å². The predicted octanol–water partition coefficient (Wildman–Crippen LogP) is 2.69. The molecule has 0 heterocycles. The van der Waals surface area contributed by atoms with E-state index < -0.39 is 41.0 Å². The van der Waals surface area contributed by atoms with Crippen LogP contribution in [-0.2, 0) is 4.79 Å². The molecule has 0 saturated heterocycles. The van der Waals surface area contributed by atoms with Crippen LogP contribution in [0.25, 0.3) is 0 Å². The normalized spacial score (nSPS) is 12.8. The molecule has 1 aromatic carbocycles. The van der Waals surface area contributed by atoms with E-state index in [0.717, 1.165) is 12.1 Å². The van der Waals surface area contributed by atoms with E-state index in [2.05, 4.69) is 4.74 Å². The Morgan fingerprint density at radius 1 is 1.50 bits per heavy atom. The summed E-state index contributed by atoms with van der Waals surface area (Å²) in [5.74, 6) is -2.33. The molecule has 110 valence electrons. The number of nitro groups is 1. The molecule has 0 aliphatic heterocycles. The van der Waals surface area contributed by atoms with E-state index in [1.54, 1.807) is 0 Å². The Kier molecular flexibility index (Phi) is 4.53. The maximum absolute atomic E-state index is 12.6. The molecule has 0 bridgehead atoms. The van der Waals surface area contributed by atoms with Gasteiger partial charge in [0.15, 0.2) is 5.75 Å². The van der Waals surface area contributed by atoms with Crippen LogP contribution in [-0.4, -0.2) is 28.3 Å². The van der Waals surface area contributed by atoms with E-state index in [4.69, 9.17) is 5.11 Å². The van der Waals surface area contributed by atoms with Gasteiger partial charge in [0.25, 0.3) is 0 Å². The van der Waals surface area contributed by atoms with Crippen LogP contribution >= 0.6 is 0 Å². The Morgan fingerprint density at radius 3 is 2.55 bits per heavy atom. The third-order valence-electron chi connectivity index (χ3n) is 2.31. The summed E-state index contributed by atoms with van der Waals surface area (Å²) in [5, 5.41) is 19.2. The first-order chi connectivity index (χ1) is 9.11. The molecule has 0 spiro atoms. The van der Waals surface area contributed by atoms with E-state index in [0.29, 0.717) is 5.56 Å². The molecule has 0 saturated carbocycles. The van der Waals surface area contributed by atoms with Crippen LogP contribution in [0.15, 0.2) is 18.2 Å². The van der Waals surface area contributed by atoms with Crippen molar-refractivity contribution in [2.24, 2.45) is 0 Å². The van der Waals surface area contributed by atoms with Crippen LogP contribution in [0, 0.1) is 17.0 Å². The number of nitro benzene ring substituents is 1. The maximum atomic E-state index is 12.6. The van der Waals surface area contributed by atoms with Crippen molar-refractivity contribution in [2.75, 3.05) is 0 Å². The summed E-state index contributed by atoms with van der Waals surface area (Å²) in [7, 11) is 0. The number of aliphatic carboxylic acids is 1.